The van der Waals surface area contributed by atoms with Gasteiger partial charge in [0.15, 0.2) is 11.6 Å². The number of carbonyl (C=O) groups is 1. The number of amides is 1. The number of halogens is 2. The van der Waals surface area contributed by atoms with E-state index in [1.807, 2.05) is 24.3 Å². The van der Waals surface area contributed by atoms with Gasteiger partial charge in [0.1, 0.15) is 11.6 Å². The van der Waals surface area contributed by atoms with Crippen LogP contribution in [0, 0.1) is 11.6 Å². The number of primary amides is 1. The number of nitrogens with zero attached hydrogens (tertiary/aromatic N) is 2. The molecule has 4 aromatic rings. The molecule has 9 nitrogen and oxygen atoms in total. The van der Waals surface area contributed by atoms with Crippen molar-refractivity contribution in [2.75, 3.05) is 48.9 Å². The number of morpholine rings is 1. The largest absolute Gasteiger partial charge is 0.494 e. The summed E-state index contributed by atoms with van der Waals surface area (Å²) in [6.45, 7) is 3.01. The Hall–Kier alpha value is -4.38. The van der Waals surface area contributed by atoms with Gasteiger partial charge >= 0.3 is 0 Å². The topological polar surface area (TPSA) is 118 Å². The number of hydrogen-bond donors (Lipinski definition) is 4. The maximum Gasteiger partial charge on any atom is 0.250 e. The van der Waals surface area contributed by atoms with Crippen LogP contribution in [-0.2, 0) is 4.74 Å². The standard InChI is InChI=1S/C25H24F2N6O3/c1-35-23-8-14(33-4-6-36-7-5-33)2-3-19(23)31-24-10-15-21(12-29-13-22(15)32-24)30-20-11-18(27)17(26)9-16(20)25(28)34/h2-3,8-13,30-32H,4-7H2,1H3,(H2,28,34). The molecule has 5 N–H and O–H groups in total. The molecule has 0 aliphatic carbocycles. The lowest BCUT2D eigenvalue weighted by molar-refractivity contribution is 0.100. The molecule has 2 aromatic carbocycles. The highest BCUT2D eigenvalue weighted by atomic mass is 19.2. The fraction of sp³-hybridized carbons (Fsp3) is 0.200. The van der Waals surface area contributed by atoms with Crippen LogP contribution in [0.3, 0.4) is 0 Å². The molecule has 11 heteroatoms. The number of aromatic amines is 1. The summed E-state index contributed by atoms with van der Waals surface area (Å²) in [5.74, 6) is -1.83. The fourth-order valence-electron chi connectivity index (χ4n) is 4.16. The average Bonchev–Trinajstić information content (AvgIpc) is 3.30. The number of hydrogen-bond acceptors (Lipinski definition) is 7. The number of nitrogens with two attached hydrogens (primary N) is 1. The summed E-state index contributed by atoms with van der Waals surface area (Å²) >= 11 is 0. The van der Waals surface area contributed by atoms with E-state index >= 15 is 0 Å². The van der Waals surface area contributed by atoms with Crippen molar-refractivity contribution in [2.45, 2.75) is 0 Å². The Kier molecular flexibility index (Phi) is 6.30. The van der Waals surface area contributed by atoms with Gasteiger partial charge in [-0.1, -0.05) is 0 Å². The molecule has 36 heavy (non-hydrogen) atoms. The van der Waals surface area contributed by atoms with Crippen LogP contribution < -0.4 is 26.0 Å². The summed E-state index contributed by atoms with van der Waals surface area (Å²) in [4.78, 5) is 21.4. The molecule has 0 bridgehead atoms. The molecule has 1 aliphatic heterocycles. The summed E-state index contributed by atoms with van der Waals surface area (Å²) in [7, 11) is 1.61. The number of H-pyrrole nitrogens is 1. The Morgan fingerprint density at radius 2 is 1.83 bits per heavy atom. The van der Waals surface area contributed by atoms with E-state index in [0.717, 1.165) is 36.6 Å². The van der Waals surface area contributed by atoms with Crippen LogP contribution >= 0.6 is 0 Å². The fourth-order valence-corrected chi connectivity index (χ4v) is 4.16. The van der Waals surface area contributed by atoms with Crippen LogP contribution in [0.5, 0.6) is 5.75 Å². The van der Waals surface area contributed by atoms with Crippen LogP contribution in [-0.4, -0.2) is 49.3 Å². The molecule has 0 unspecified atom stereocenters. The quantitative estimate of drug-likeness (QED) is 0.303. The first-order valence-corrected chi connectivity index (χ1v) is 11.2. The third-order valence-corrected chi connectivity index (χ3v) is 5.97. The first-order chi connectivity index (χ1) is 17.4. The summed E-state index contributed by atoms with van der Waals surface area (Å²) in [6.07, 6.45) is 3.15. The van der Waals surface area contributed by atoms with Gasteiger partial charge in [-0.25, -0.2) is 8.78 Å². The van der Waals surface area contributed by atoms with E-state index in [1.54, 1.807) is 13.3 Å². The molecule has 1 amide bonds. The number of nitrogens with one attached hydrogen (secondary N) is 3. The number of benzene rings is 2. The van der Waals surface area contributed by atoms with E-state index in [-0.39, 0.29) is 11.3 Å². The van der Waals surface area contributed by atoms with Crippen molar-refractivity contribution in [1.82, 2.24) is 9.97 Å². The number of anilines is 5. The lowest BCUT2D eigenvalue weighted by atomic mass is 10.1. The van der Waals surface area contributed by atoms with Crippen LogP contribution in [0.1, 0.15) is 10.4 Å². The second-order valence-electron chi connectivity index (χ2n) is 8.24. The van der Waals surface area contributed by atoms with E-state index < -0.39 is 17.5 Å². The molecule has 0 radical (unpaired) electrons. The number of aromatic nitrogens is 2. The van der Waals surface area contributed by atoms with Crippen molar-refractivity contribution in [3.05, 3.63) is 66.0 Å². The lowest BCUT2D eigenvalue weighted by Gasteiger charge is -2.29. The van der Waals surface area contributed by atoms with Crippen molar-refractivity contribution in [3.63, 3.8) is 0 Å². The maximum absolute atomic E-state index is 13.9. The third kappa shape index (κ3) is 4.60. The number of fused-ring (bicyclic) bond motifs is 1. The van der Waals surface area contributed by atoms with Crippen LogP contribution in [0.25, 0.3) is 10.9 Å². The number of ether oxygens (including phenoxy) is 2. The Bertz CT molecular complexity index is 1440. The zero-order valence-corrected chi connectivity index (χ0v) is 19.4. The van der Waals surface area contributed by atoms with Crippen LogP contribution in [0.2, 0.25) is 0 Å². The third-order valence-electron chi connectivity index (χ3n) is 5.97. The van der Waals surface area contributed by atoms with Gasteiger partial charge in [-0.3, -0.25) is 9.78 Å². The van der Waals surface area contributed by atoms with Crippen LogP contribution in [0.15, 0.2) is 48.8 Å². The zero-order chi connectivity index (χ0) is 25.2. The first kappa shape index (κ1) is 23.4. The molecule has 1 saturated heterocycles. The van der Waals surface area contributed by atoms with E-state index in [4.69, 9.17) is 15.2 Å². The van der Waals surface area contributed by atoms with E-state index in [1.165, 1.54) is 6.20 Å². The smallest absolute Gasteiger partial charge is 0.250 e. The maximum atomic E-state index is 13.9. The van der Waals surface area contributed by atoms with Gasteiger partial charge in [-0.15, -0.1) is 0 Å². The molecule has 0 atom stereocenters. The highest BCUT2D eigenvalue weighted by Gasteiger charge is 2.17. The monoisotopic (exact) mass is 494 g/mol. The zero-order valence-electron chi connectivity index (χ0n) is 19.4. The Morgan fingerprint density at radius 1 is 1.06 bits per heavy atom. The number of methoxy groups -OCH3 is 1. The van der Waals surface area contributed by atoms with Gasteiger partial charge in [0.25, 0.3) is 5.91 Å². The number of rotatable bonds is 7. The Labute approximate surface area is 205 Å². The van der Waals surface area contributed by atoms with Crippen molar-refractivity contribution in [2.24, 2.45) is 5.73 Å². The first-order valence-electron chi connectivity index (χ1n) is 11.2. The normalized spacial score (nSPS) is 13.6. The predicted octanol–water partition coefficient (Wildman–Crippen LogP) is 4.27. The highest BCUT2D eigenvalue weighted by Crippen LogP contribution is 2.35. The molecule has 2 aromatic heterocycles. The van der Waals surface area contributed by atoms with Gasteiger partial charge in [0.05, 0.1) is 60.9 Å². The SMILES string of the molecule is COc1cc(N2CCOCC2)ccc1Nc1cc2c(Nc3cc(F)c(F)cc3C(N)=O)cncc2[nH]1. The van der Waals surface area contributed by atoms with E-state index in [9.17, 15) is 13.6 Å². The minimum absolute atomic E-state index is 0.0341. The molecule has 0 spiro atoms. The molecule has 1 aliphatic rings. The Balaban J connectivity index is 1.44. The molecule has 1 fully saturated rings. The second kappa shape index (κ2) is 9.70. The Morgan fingerprint density at radius 3 is 2.58 bits per heavy atom. The summed E-state index contributed by atoms with van der Waals surface area (Å²) in [6, 6.07) is 9.41. The number of carbonyl (C=O) groups excluding carboxylic acids is 1. The predicted molar refractivity (Wildman–Crippen MR) is 134 cm³/mol. The molecule has 5 rings (SSSR count). The number of pyridine rings is 1. The van der Waals surface area contributed by atoms with Crippen molar-refractivity contribution in [1.29, 1.82) is 0 Å². The molecule has 186 valence electrons. The summed E-state index contributed by atoms with van der Waals surface area (Å²) in [5, 5.41) is 6.97. The average molecular weight is 495 g/mol. The molecular weight excluding hydrogens is 470 g/mol. The minimum Gasteiger partial charge on any atom is -0.494 e. The molecular formula is C25H24F2N6O3. The summed E-state index contributed by atoms with van der Waals surface area (Å²) < 4.78 is 38.6. The van der Waals surface area contributed by atoms with Crippen molar-refractivity contribution < 1.29 is 23.0 Å². The second-order valence-corrected chi connectivity index (χ2v) is 8.24. The van der Waals surface area contributed by atoms with Crippen molar-refractivity contribution in [3.8, 4) is 5.75 Å². The van der Waals surface area contributed by atoms with Crippen molar-refractivity contribution >= 4 is 45.4 Å². The molecule has 3 heterocycles. The van der Waals surface area contributed by atoms with Gasteiger partial charge in [0, 0.05) is 36.3 Å². The highest BCUT2D eigenvalue weighted by molar-refractivity contribution is 6.02. The van der Waals surface area contributed by atoms with Gasteiger partial charge < -0.3 is 35.7 Å². The van der Waals surface area contributed by atoms with Gasteiger partial charge in [-0.05, 0) is 24.3 Å². The summed E-state index contributed by atoms with van der Waals surface area (Å²) in [5.41, 5.74) is 8.16. The van der Waals surface area contributed by atoms with E-state index in [0.29, 0.717) is 41.4 Å². The van der Waals surface area contributed by atoms with Crippen LogP contribution in [0.4, 0.5) is 37.3 Å². The minimum atomic E-state index is -1.16. The van der Waals surface area contributed by atoms with Gasteiger partial charge in [-0.2, -0.15) is 0 Å². The van der Waals surface area contributed by atoms with Gasteiger partial charge in [0.2, 0.25) is 0 Å². The van der Waals surface area contributed by atoms with E-state index in [2.05, 4.69) is 25.5 Å². The lowest BCUT2D eigenvalue weighted by Crippen LogP contribution is -2.36. The molecule has 0 saturated carbocycles.